The van der Waals surface area contributed by atoms with Crippen molar-refractivity contribution in [3.05, 3.63) is 48.5 Å². The van der Waals surface area contributed by atoms with E-state index in [0.29, 0.717) is 9.79 Å². The van der Waals surface area contributed by atoms with Crippen LogP contribution in [-0.2, 0) is 18.1 Å². The van der Waals surface area contributed by atoms with Crippen molar-refractivity contribution < 1.29 is 16.8 Å². The van der Waals surface area contributed by atoms with Crippen LogP contribution in [0.1, 0.15) is 0 Å². The summed E-state index contributed by atoms with van der Waals surface area (Å²) in [5, 5.41) is 0. The fourth-order valence-corrected chi connectivity index (χ4v) is 5.55. The molecule has 0 aliphatic rings. The van der Waals surface area contributed by atoms with Crippen LogP contribution >= 0.6 is 33.1 Å². The van der Waals surface area contributed by atoms with E-state index in [1.165, 1.54) is 36.4 Å². The Labute approximate surface area is 135 Å². The Morgan fingerprint density at radius 3 is 1.33 bits per heavy atom. The summed E-state index contributed by atoms with van der Waals surface area (Å²) in [6.45, 7) is 0. The molecule has 112 valence electrons. The molecule has 0 aliphatic carbocycles. The third kappa shape index (κ3) is 4.14. The highest BCUT2D eigenvalue weighted by molar-refractivity contribution is 8.15. The number of hydrogen-bond donors (Lipinski definition) is 0. The van der Waals surface area contributed by atoms with Gasteiger partial charge in [-0.05, 0) is 24.3 Å². The number of hydrogen-bond acceptors (Lipinski definition) is 5. The van der Waals surface area contributed by atoms with Crippen molar-refractivity contribution in [1.29, 1.82) is 0 Å². The molecule has 0 fully saturated rings. The van der Waals surface area contributed by atoms with Gasteiger partial charge in [-0.25, -0.2) is 16.8 Å². The minimum Gasteiger partial charge on any atom is -0.207 e. The van der Waals surface area contributed by atoms with Crippen LogP contribution in [-0.4, -0.2) is 16.8 Å². The summed E-state index contributed by atoms with van der Waals surface area (Å²) < 4.78 is 46.1. The zero-order chi connectivity index (χ0) is 15.7. The van der Waals surface area contributed by atoms with Gasteiger partial charge in [0.25, 0.3) is 18.1 Å². The van der Waals surface area contributed by atoms with Gasteiger partial charge in [0, 0.05) is 31.2 Å². The molecule has 0 saturated carbocycles. The second-order valence-corrected chi connectivity index (χ2v) is 10.0. The third-order valence-corrected chi connectivity index (χ3v) is 6.61. The van der Waals surface area contributed by atoms with Crippen LogP contribution < -0.4 is 0 Å². The molecule has 0 atom stereocenters. The van der Waals surface area contributed by atoms with Gasteiger partial charge in [0.2, 0.25) is 0 Å². The van der Waals surface area contributed by atoms with Gasteiger partial charge in [-0.3, -0.25) is 0 Å². The van der Waals surface area contributed by atoms with Crippen molar-refractivity contribution >= 4 is 51.2 Å². The maximum absolute atomic E-state index is 11.5. The van der Waals surface area contributed by atoms with Crippen molar-refractivity contribution in [3.63, 3.8) is 0 Å². The molecule has 0 spiro atoms. The van der Waals surface area contributed by atoms with Crippen LogP contribution in [0.3, 0.4) is 0 Å². The van der Waals surface area contributed by atoms with E-state index in [9.17, 15) is 16.8 Å². The van der Waals surface area contributed by atoms with Gasteiger partial charge in [0.05, 0.1) is 9.79 Å². The van der Waals surface area contributed by atoms with Crippen LogP contribution in [0.4, 0.5) is 0 Å². The summed E-state index contributed by atoms with van der Waals surface area (Å²) in [5.74, 6) is 0. The number of halogens is 2. The Bertz CT molecular complexity index is 803. The first-order valence-electron chi connectivity index (χ1n) is 5.45. The lowest BCUT2D eigenvalue weighted by atomic mass is 10.4. The highest BCUT2D eigenvalue weighted by Gasteiger charge is 2.20. The third-order valence-electron chi connectivity index (χ3n) is 2.44. The summed E-state index contributed by atoms with van der Waals surface area (Å²) in [6, 6.07) is 12.1. The van der Waals surface area contributed by atoms with Gasteiger partial charge in [0.15, 0.2) is 0 Å². The van der Waals surface area contributed by atoms with Crippen LogP contribution in [0.25, 0.3) is 0 Å². The number of benzene rings is 2. The molecule has 2 rings (SSSR count). The molecule has 0 amide bonds. The Morgan fingerprint density at radius 1 is 0.667 bits per heavy atom. The van der Waals surface area contributed by atoms with E-state index < -0.39 is 18.1 Å². The van der Waals surface area contributed by atoms with Crippen molar-refractivity contribution in [2.45, 2.75) is 19.6 Å². The van der Waals surface area contributed by atoms with Gasteiger partial charge < -0.3 is 0 Å². The molecule has 0 aromatic heterocycles. The second kappa shape index (κ2) is 6.18. The van der Waals surface area contributed by atoms with E-state index in [-0.39, 0.29) is 9.79 Å². The lowest BCUT2D eigenvalue weighted by molar-refractivity contribution is 0.606. The summed E-state index contributed by atoms with van der Waals surface area (Å²) in [6.07, 6.45) is 0. The first kappa shape index (κ1) is 16.6. The Kier molecular flexibility index (Phi) is 4.89. The van der Waals surface area contributed by atoms with Crippen LogP contribution in [0.5, 0.6) is 0 Å². The molecule has 0 saturated heterocycles. The molecule has 4 nitrogen and oxygen atoms in total. The van der Waals surface area contributed by atoms with E-state index >= 15 is 0 Å². The molecule has 0 bridgehead atoms. The molecule has 2 aromatic rings. The summed E-state index contributed by atoms with van der Waals surface area (Å²) in [7, 11) is 2.88. The average Bonchev–Trinajstić information content (AvgIpc) is 2.37. The van der Waals surface area contributed by atoms with Crippen LogP contribution in [0.15, 0.2) is 68.1 Å². The summed E-state index contributed by atoms with van der Waals surface area (Å²) >= 11 is 0.967. The highest BCUT2D eigenvalue weighted by Crippen LogP contribution is 2.37. The normalized spacial score (nSPS) is 12.3. The molecular formula is C12H8Cl2O4S3. The van der Waals surface area contributed by atoms with E-state index in [0.717, 1.165) is 11.8 Å². The van der Waals surface area contributed by atoms with E-state index in [1.54, 1.807) is 12.1 Å². The number of rotatable bonds is 4. The minimum atomic E-state index is -3.93. The zero-order valence-corrected chi connectivity index (χ0v) is 14.2. The first-order chi connectivity index (χ1) is 9.69. The van der Waals surface area contributed by atoms with Crippen molar-refractivity contribution in [2.75, 3.05) is 0 Å². The maximum Gasteiger partial charge on any atom is 0.262 e. The standard InChI is InChI=1S/C12H8Cl2O4S3/c13-20(15,16)11-7-3-1-5-9(11)19-10-6-2-4-8-12(10)21(14,17)18/h1-8H. The van der Waals surface area contributed by atoms with Crippen LogP contribution in [0.2, 0.25) is 0 Å². The van der Waals surface area contributed by atoms with Crippen molar-refractivity contribution in [2.24, 2.45) is 0 Å². The molecule has 0 N–H and O–H groups in total. The molecule has 0 aliphatic heterocycles. The quantitative estimate of drug-likeness (QED) is 0.754. The summed E-state index contributed by atoms with van der Waals surface area (Å²) in [5.41, 5.74) is 0. The van der Waals surface area contributed by atoms with E-state index in [1.807, 2.05) is 0 Å². The topological polar surface area (TPSA) is 68.3 Å². The average molecular weight is 383 g/mol. The molecular weight excluding hydrogens is 375 g/mol. The molecule has 0 heterocycles. The predicted molar refractivity (Wildman–Crippen MR) is 83.1 cm³/mol. The Morgan fingerprint density at radius 2 is 1.00 bits per heavy atom. The van der Waals surface area contributed by atoms with Gasteiger partial charge in [-0.15, -0.1) is 0 Å². The second-order valence-electron chi connectivity index (χ2n) is 3.87. The maximum atomic E-state index is 11.5. The summed E-state index contributed by atoms with van der Waals surface area (Å²) in [4.78, 5) is 0.470. The predicted octanol–water partition coefficient (Wildman–Crippen LogP) is 3.69. The lowest BCUT2D eigenvalue weighted by Crippen LogP contribution is -1.96. The first-order valence-corrected chi connectivity index (χ1v) is 10.9. The molecule has 0 unspecified atom stereocenters. The molecule has 9 heteroatoms. The van der Waals surface area contributed by atoms with E-state index in [2.05, 4.69) is 0 Å². The fraction of sp³-hybridized carbons (Fsp3) is 0. The van der Waals surface area contributed by atoms with Crippen molar-refractivity contribution in [3.8, 4) is 0 Å². The van der Waals surface area contributed by atoms with Crippen molar-refractivity contribution in [1.82, 2.24) is 0 Å². The lowest BCUT2D eigenvalue weighted by Gasteiger charge is -2.09. The molecule has 2 aromatic carbocycles. The zero-order valence-electron chi connectivity index (χ0n) is 10.2. The minimum absolute atomic E-state index is 0.0848. The smallest absolute Gasteiger partial charge is 0.207 e. The largest absolute Gasteiger partial charge is 0.262 e. The Balaban J connectivity index is 2.56. The van der Waals surface area contributed by atoms with Gasteiger partial charge in [-0.2, -0.15) is 0 Å². The van der Waals surface area contributed by atoms with Crippen LogP contribution in [0, 0.1) is 0 Å². The highest BCUT2D eigenvalue weighted by atomic mass is 35.7. The fourth-order valence-electron chi connectivity index (χ4n) is 1.59. The molecule has 0 radical (unpaired) electrons. The van der Waals surface area contributed by atoms with E-state index in [4.69, 9.17) is 21.4 Å². The SMILES string of the molecule is O=S(=O)(Cl)c1ccccc1Sc1ccccc1S(=O)(=O)Cl. The molecule has 21 heavy (non-hydrogen) atoms. The van der Waals surface area contributed by atoms with Gasteiger partial charge in [0.1, 0.15) is 0 Å². The van der Waals surface area contributed by atoms with Gasteiger partial charge >= 0.3 is 0 Å². The Hall–Kier alpha value is -0.730. The van der Waals surface area contributed by atoms with Gasteiger partial charge in [-0.1, -0.05) is 36.0 Å². The monoisotopic (exact) mass is 382 g/mol.